The number of nitrogens with one attached hydrogen (secondary N) is 1. The van der Waals surface area contributed by atoms with Crippen LogP contribution in [0.2, 0.25) is 0 Å². The Kier molecular flexibility index (Phi) is 2.78. The van der Waals surface area contributed by atoms with Crippen LogP contribution >= 0.6 is 0 Å². The van der Waals surface area contributed by atoms with Crippen molar-refractivity contribution in [1.29, 1.82) is 0 Å². The van der Waals surface area contributed by atoms with E-state index in [2.05, 4.69) is 19.2 Å². The molecular formula is C15H26N2O2. The molecule has 0 radical (unpaired) electrons. The molecule has 0 saturated heterocycles. The minimum Gasteiger partial charge on any atom is -0.480 e. The van der Waals surface area contributed by atoms with Crippen molar-refractivity contribution in [3.63, 3.8) is 0 Å². The Morgan fingerprint density at radius 3 is 2.26 bits per heavy atom. The minimum absolute atomic E-state index is 0.0192. The smallest absolute Gasteiger partial charge is 0.322 e. The SMILES string of the molecule is CC12CC3CC(C)(C1)CC(NC(CN)C(=O)O)(C3)C2. The number of hydrogen-bond acceptors (Lipinski definition) is 3. The summed E-state index contributed by atoms with van der Waals surface area (Å²) in [5.74, 6) is -0.0421. The third-order valence-corrected chi connectivity index (χ3v) is 5.64. The molecule has 0 aliphatic heterocycles. The van der Waals surface area contributed by atoms with Crippen molar-refractivity contribution in [1.82, 2.24) is 5.32 Å². The molecule has 4 bridgehead atoms. The average Bonchev–Trinajstić information content (AvgIpc) is 2.20. The zero-order valence-electron chi connectivity index (χ0n) is 12.0. The maximum Gasteiger partial charge on any atom is 0.322 e. The molecule has 3 unspecified atom stereocenters. The van der Waals surface area contributed by atoms with Crippen molar-refractivity contribution in [2.75, 3.05) is 6.54 Å². The molecule has 4 heteroatoms. The van der Waals surface area contributed by atoms with Gasteiger partial charge in [-0.3, -0.25) is 10.1 Å². The molecule has 4 aliphatic rings. The Balaban J connectivity index is 1.86. The summed E-state index contributed by atoms with van der Waals surface area (Å²) in [6, 6.07) is -0.594. The van der Waals surface area contributed by atoms with Gasteiger partial charge < -0.3 is 10.8 Å². The van der Waals surface area contributed by atoms with E-state index in [9.17, 15) is 9.90 Å². The van der Waals surface area contributed by atoms with Gasteiger partial charge in [0.2, 0.25) is 0 Å². The van der Waals surface area contributed by atoms with E-state index < -0.39 is 12.0 Å². The van der Waals surface area contributed by atoms with Crippen LogP contribution in [0.5, 0.6) is 0 Å². The van der Waals surface area contributed by atoms with Gasteiger partial charge in [-0.2, -0.15) is 0 Å². The molecule has 3 atom stereocenters. The Hall–Kier alpha value is -0.610. The van der Waals surface area contributed by atoms with E-state index in [4.69, 9.17) is 5.73 Å². The maximum atomic E-state index is 11.3. The van der Waals surface area contributed by atoms with Gasteiger partial charge in [-0.15, -0.1) is 0 Å². The van der Waals surface area contributed by atoms with Gasteiger partial charge in [0.15, 0.2) is 0 Å². The van der Waals surface area contributed by atoms with E-state index >= 15 is 0 Å². The van der Waals surface area contributed by atoms with Gasteiger partial charge in [0.25, 0.3) is 0 Å². The summed E-state index contributed by atoms with van der Waals surface area (Å²) >= 11 is 0. The van der Waals surface area contributed by atoms with Gasteiger partial charge in [-0.25, -0.2) is 0 Å². The van der Waals surface area contributed by atoms with Crippen molar-refractivity contribution in [3.8, 4) is 0 Å². The third kappa shape index (κ3) is 2.19. The second kappa shape index (κ2) is 3.95. The van der Waals surface area contributed by atoms with Crippen molar-refractivity contribution < 1.29 is 9.90 Å². The number of carboxylic acids is 1. The summed E-state index contributed by atoms with van der Waals surface area (Å²) < 4.78 is 0. The van der Waals surface area contributed by atoms with Gasteiger partial charge in [-0.1, -0.05) is 13.8 Å². The van der Waals surface area contributed by atoms with Crippen LogP contribution in [0, 0.1) is 16.7 Å². The highest BCUT2D eigenvalue weighted by Crippen LogP contribution is 2.66. The first-order valence-electron chi connectivity index (χ1n) is 7.48. The second-order valence-corrected chi connectivity index (χ2v) is 8.18. The first kappa shape index (κ1) is 13.4. The Morgan fingerprint density at radius 1 is 1.26 bits per heavy atom. The highest BCUT2D eigenvalue weighted by atomic mass is 16.4. The molecule has 4 fully saturated rings. The van der Waals surface area contributed by atoms with Crippen molar-refractivity contribution >= 4 is 5.97 Å². The highest BCUT2D eigenvalue weighted by Gasteiger charge is 2.60. The van der Waals surface area contributed by atoms with Crippen LogP contribution in [0.25, 0.3) is 0 Å². The van der Waals surface area contributed by atoms with Gasteiger partial charge in [0.1, 0.15) is 6.04 Å². The zero-order chi connectivity index (χ0) is 13.9. The summed E-state index contributed by atoms with van der Waals surface area (Å²) in [7, 11) is 0. The van der Waals surface area contributed by atoms with Crippen molar-refractivity contribution in [2.24, 2.45) is 22.5 Å². The molecule has 0 aromatic rings. The van der Waals surface area contributed by atoms with Crippen molar-refractivity contribution in [2.45, 2.75) is 64.0 Å². The summed E-state index contributed by atoms with van der Waals surface area (Å²) in [6.45, 7) is 4.96. The molecule has 0 aromatic carbocycles. The maximum absolute atomic E-state index is 11.3. The Bertz CT molecular complexity index is 391. The lowest BCUT2D eigenvalue weighted by molar-refractivity contribution is -0.146. The molecular weight excluding hydrogens is 240 g/mol. The Morgan fingerprint density at radius 2 is 1.84 bits per heavy atom. The van der Waals surface area contributed by atoms with Crippen LogP contribution in [-0.2, 0) is 4.79 Å². The molecule has 4 N–H and O–H groups in total. The van der Waals surface area contributed by atoms with Crippen LogP contribution in [0.1, 0.15) is 52.4 Å². The standard InChI is InChI=1S/C15H26N2O2/c1-13-3-10-4-14(2,7-13)9-15(5-10,8-13)17-11(6-16)12(18)19/h10-11,17H,3-9,16H2,1-2H3,(H,18,19). The normalized spacial score (nSPS) is 49.3. The largest absolute Gasteiger partial charge is 0.480 e. The van der Waals surface area contributed by atoms with Gasteiger partial charge in [0.05, 0.1) is 0 Å². The fraction of sp³-hybridized carbons (Fsp3) is 0.933. The second-order valence-electron chi connectivity index (χ2n) is 8.18. The first-order chi connectivity index (χ1) is 8.77. The molecule has 0 aromatic heterocycles. The number of carboxylic acid groups (broad SMARTS) is 1. The number of aliphatic carboxylic acids is 1. The van der Waals surface area contributed by atoms with E-state index in [1.165, 1.54) is 19.3 Å². The average molecular weight is 266 g/mol. The number of hydrogen-bond donors (Lipinski definition) is 3. The first-order valence-corrected chi connectivity index (χ1v) is 7.48. The molecule has 0 spiro atoms. The lowest BCUT2D eigenvalue weighted by atomic mass is 9.42. The molecule has 4 rings (SSSR count). The summed E-state index contributed by atoms with van der Waals surface area (Å²) in [5, 5.41) is 12.7. The fourth-order valence-electron chi connectivity index (χ4n) is 6.20. The number of rotatable bonds is 4. The summed E-state index contributed by atoms with van der Waals surface area (Å²) in [6.07, 6.45) is 7.34. The molecule has 4 saturated carbocycles. The van der Waals surface area contributed by atoms with Crippen molar-refractivity contribution in [3.05, 3.63) is 0 Å². The van der Waals surface area contributed by atoms with Gasteiger partial charge in [0, 0.05) is 12.1 Å². The molecule has 19 heavy (non-hydrogen) atoms. The lowest BCUT2D eigenvalue weighted by Gasteiger charge is -2.66. The minimum atomic E-state index is -0.812. The molecule has 108 valence electrons. The lowest BCUT2D eigenvalue weighted by Crippen LogP contribution is -2.67. The van der Waals surface area contributed by atoms with Crippen LogP contribution in [0.4, 0.5) is 0 Å². The van der Waals surface area contributed by atoms with Crippen LogP contribution in [0.15, 0.2) is 0 Å². The summed E-state index contributed by atoms with van der Waals surface area (Å²) in [4.78, 5) is 11.3. The van der Waals surface area contributed by atoms with Crippen LogP contribution in [0.3, 0.4) is 0 Å². The molecule has 4 aliphatic carbocycles. The van der Waals surface area contributed by atoms with E-state index in [-0.39, 0.29) is 12.1 Å². The molecule has 0 amide bonds. The van der Waals surface area contributed by atoms with Gasteiger partial charge in [-0.05, 0) is 55.3 Å². The zero-order valence-corrected chi connectivity index (χ0v) is 12.0. The quantitative estimate of drug-likeness (QED) is 0.724. The predicted molar refractivity (Wildman–Crippen MR) is 73.8 cm³/mol. The van der Waals surface area contributed by atoms with Crippen LogP contribution < -0.4 is 11.1 Å². The Labute approximate surface area is 115 Å². The monoisotopic (exact) mass is 266 g/mol. The highest BCUT2D eigenvalue weighted by molar-refractivity contribution is 5.73. The number of carbonyl (C=O) groups is 1. The van der Waals surface area contributed by atoms with E-state index in [0.29, 0.717) is 10.8 Å². The van der Waals surface area contributed by atoms with Gasteiger partial charge >= 0.3 is 5.97 Å². The van der Waals surface area contributed by atoms with E-state index in [1.54, 1.807) is 0 Å². The predicted octanol–water partition coefficient (Wildman–Crippen LogP) is 1.74. The molecule has 0 heterocycles. The molecule has 4 nitrogen and oxygen atoms in total. The summed E-state index contributed by atoms with van der Waals surface area (Å²) in [5.41, 5.74) is 6.45. The fourth-order valence-corrected chi connectivity index (χ4v) is 6.20. The van der Waals surface area contributed by atoms with Crippen LogP contribution in [-0.4, -0.2) is 29.2 Å². The topological polar surface area (TPSA) is 75.3 Å². The van der Waals surface area contributed by atoms with E-state index in [1.807, 2.05) is 0 Å². The third-order valence-electron chi connectivity index (χ3n) is 5.64. The number of nitrogens with two attached hydrogens (primary N) is 1. The van der Waals surface area contributed by atoms with E-state index in [0.717, 1.165) is 25.2 Å².